The van der Waals surface area contributed by atoms with E-state index in [1.165, 1.54) is 0 Å². The van der Waals surface area contributed by atoms with Crippen molar-refractivity contribution in [2.45, 2.75) is 59.3 Å². The van der Waals surface area contributed by atoms with Gasteiger partial charge in [0.1, 0.15) is 11.4 Å². The zero-order valence-electron chi connectivity index (χ0n) is 17.1. The van der Waals surface area contributed by atoms with Crippen molar-refractivity contribution in [1.82, 2.24) is 0 Å². The molecule has 1 N–H and O–H groups in total. The van der Waals surface area contributed by atoms with E-state index in [-0.39, 0.29) is 22.1 Å². The number of aliphatic imine (C=N–C) groups is 1. The molecule has 0 aliphatic rings. The monoisotopic (exact) mass is 395 g/mol. The molecule has 28 heavy (non-hydrogen) atoms. The summed E-state index contributed by atoms with van der Waals surface area (Å²) in [7, 11) is 0. The molecule has 0 unspecified atom stereocenters. The van der Waals surface area contributed by atoms with E-state index in [0.29, 0.717) is 5.56 Å². The van der Waals surface area contributed by atoms with E-state index in [2.05, 4.69) is 4.99 Å². The fourth-order valence-electron chi connectivity index (χ4n) is 2.78. The number of phenols is 1. The Morgan fingerprint density at radius 3 is 1.86 bits per heavy atom. The van der Waals surface area contributed by atoms with Gasteiger partial charge in [-0.1, -0.05) is 47.6 Å². The molecular weight excluding hydrogens is 370 g/mol. The molecule has 0 spiro atoms. The summed E-state index contributed by atoms with van der Waals surface area (Å²) in [6.45, 7) is 12.9. The van der Waals surface area contributed by atoms with Gasteiger partial charge >= 0.3 is 0 Å². The highest BCUT2D eigenvalue weighted by Crippen LogP contribution is 2.37. The molecular formula is C22H25F4NO. The fraction of sp³-hybridized carbons (Fsp3) is 0.409. The summed E-state index contributed by atoms with van der Waals surface area (Å²) < 4.78 is 54.8. The smallest absolute Gasteiger partial charge is 0.199 e. The Labute approximate surface area is 162 Å². The van der Waals surface area contributed by atoms with Crippen LogP contribution in [0.3, 0.4) is 0 Å². The van der Waals surface area contributed by atoms with Crippen LogP contribution in [-0.4, -0.2) is 11.3 Å². The Morgan fingerprint density at radius 1 is 0.821 bits per heavy atom. The van der Waals surface area contributed by atoms with E-state index < -0.39 is 34.5 Å². The zero-order chi connectivity index (χ0) is 21.6. The van der Waals surface area contributed by atoms with E-state index in [0.717, 1.165) is 18.7 Å². The third kappa shape index (κ3) is 4.05. The fourth-order valence-corrected chi connectivity index (χ4v) is 2.78. The summed E-state index contributed by atoms with van der Waals surface area (Å²) in [4.78, 5) is 3.84. The molecule has 0 radical (unpaired) electrons. The quantitative estimate of drug-likeness (QED) is 0.264. The minimum Gasteiger partial charge on any atom is -0.507 e. The summed E-state index contributed by atoms with van der Waals surface area (Å²) in [5, 5.41) is 10.7. The first-order chi connectivity index (χ1) is 12.7. The Bertz CT molecular complexity index is 922. The molecule has 0 bridgehead atoms. The number of benzene rings is 2. The molecule has 0 atom stereocenters. The number of nitrogens with zero attached hydrogens (tertiary/aromatic N) is 1. The number of phenolic OH excluding ortho intramolecular Hbond substituents is 1. The predicted octanol–water partition coefficient (Wildman–Crippen LogP) is 6.60. The summed E-state index contributed by atoms with van der Waals surface area (Å²) in [5.74, 6) is -6.91. The number of aromatic hydroxyl groups is 1. The lowest BCUT2D eigenvalue weighted by atomic mass is 9.79. The van der Waals surface area contributed by atoms with Gasteiger partial charge in [-0.05, 0) is 29.4 Å². The molecule has 0 aromatic heterocycles. The van der Waals surface area contributed by atoms with Gasteiger partial charge in [0.25, 0.3) is 0 Å². The van der Waals surface area contributed by atoms with Crippen molar-refractivity contribution in [3.63, 3.8) is 0 Å². The zero-order valence-corrected chi connectivity index (χ0v) is 17.1. The van der Waals surface area contributed by atoms with Gasteiger partial charge in [0.05, 0.1) is 0 Å². The van der Waals surface area contributed by atoms with Crippen molar-refractivity contribution < 1.29 is 22.7 Å². The summed E-state index contributed by atoms with van der Waals surface area (Å²) in [5.41, 5.74) is 0.125. The highest BCUT2D eigenvalue weighted by atomic mass is 19.2. The molecule has 0 heterocycles. The van der Waals surface area contributed by atoms with Crippen molar-refractivity contribution in [3.8, 4) is 5.75 Å². The van der Waals surface area contributed by atoms with Crippen LogP contribution in [0.5, 0.6) is 5.75 Å². The lowest BCUT2D eigenvalue weighted by Gasteiger charge is -2.27. The average Bonchev–Trinajstić information content (AvgIpc) is 2.57. The molecule has 2 nitrogen and oxygen atoms in total. The molecule has 0 fully saturated rings. The molecule has 0 amide bonds. The van der Waals surface area contributed by atoms with Crippen molar-refractivity contribution in [2.24, 2.45) is 4.99 Å². The Balaban J connectivity index is 2.71. The highest BCUT2D eigenvalue weighted by molar-refractivity contribution is 5.87. The number of hydrogen-bond donors (Lipinski definition) is 1. The maximum absolute atomic E-state index is 14.1. The highest BCUT2D eigenvalue weighted by Gasteiger charge is 2.25. The average molecular weight is 395 g/mol. The van der Waals surface area contributed by atoms with Gasteiger partial charge in [-0.25, -0.2) is 17.6 Å². The van der Waals surface area contributed by atoms with E-state index >= 15 is 0 Å². The molecule has 2 aromatic carbocycles. The van der Waals surface area contributed by atoms with E-state index in [4.69, 9.17) is 0 Å². The van der Waals surface area contributed by atoms with Crippen LogP contribution in [-0.2, 0) is 10.8 Å². The standard InChI is InChI=1S/C22H25F4NO/c1-11-15(23)16(24)17(25)18(26)19(11)27-10-12-8-13(21(2,3)4)9-14(20(12)28)22(5,6)7/h8-10,28H,1-7H3/b27-10+. The van der Waals surface area contributed by atoms with Crippen LogP contribution >= 0.6 is 0 Å². The first kappa shape index (κ1) is 21.9. The lowest BCUT2D eigenvalue weighted by molar-refractivity contribution is 0.407. The second-order valence-electron chi connectivity index (χ2n) is 8.95. The van der Waals surface area contributed by atoms with Gasteiger partial charge in [-0.15, -0.1) is 0 Å². The van der Waals surface area contributed by atoms with Crippen LogP contribution in [0.25, 0.3) is 0 Å². The Morgan fingerprint density at radius 2 is 1.36 bits per heavy atom. The van der Waals surface area contributed by atoms with Gasteiger partial charge in [0.2, 0.25) is 0 Å². The number of hydrogen-bond acceptors (Lipinski definition) is 2. The molecule has 0 saturated heterocycles. The molecule has 6 heteroatoms. The van der Waals surface area contributed by atoms with Crippen molar-refractivity contribution in [3.05, 3.63) is 57.7 Å². The van der Waals surface area contributed by atoms with Gasteiger partial charge < -0.3 is 5.11 Å². The van der Waals surface area contributed by atoms with E-state index in [1.54, 1.807) is 6.07 Å². The Hall–Kier alpha value is -2.37. The van der Waals surface area contributed by atoms with Crippen molar-refractivity contribution in [1.29, 1.82) is 0 Å². The molecule has 152 valence electrons. The number of rotatable bonds is 2. The SMILES string of the molecule is Cc1c(F)c(F)c(F)c(F)c1/N=C/c1cc(C(C)(C)C)cc(C(C)(C)C)c1O. The predicted molar refractivity (Wildman–Crippen MR) is 104 cm³/mol. The molecule has 0 aliphatic heterocycles. The van der Waals surface area contributed by atoms with Crippen LogP contribution in [0, 0.1) is 30.2 Å². The second kappa shape index (κ2) is 7.22. The largest absolute Gasteiger partial charge is 0.507 e. The maximum Gasteiger partial charge on any atom is 0.199 e. The normalized spacial score (nSPS) is 12.8. The third-order valence-electron chi connectivity index (χ3n) is 4.62. The van der Waals surface area contributed by atoms with Gasteiger partial charge in [0, 0.05) is 22.9 Å². The minimum absolute atomic E-state index is 0.0506. The van der Waals surface area contributed by atoms with Crippen LogP contribution < -0.4 is 0 Å². The molecule has 2 aromatic rings. The summed E-state index contributed by atoms with van der Waals surface area (Å²) in [6.07, 6.45) is 1.14. The van der Waals surface area contributed by atoms with Crippen LogP contribution in [0.2, 0.25) is 0 Å². The minimum atomic E-state index is -1.92. The van der Waals surface area contributed by atoms with Crippen LogP contribution in [0.4, 0.5) is 23.2 Å². The van der Waals surface area contributed by atoms with Gasteiger partial charge in [-0.3, -0.25) is 4.99 Å². The maximum atomic E-state index is 14.1. The van der Waals surface area contributed by atoms with E-state index in [1.807, 2.05) is 47.6 Å². The Kier molecular flexibility index (Phi) is 5.66. The summed E-state index contributed by atoms with van der Waals surface area (Å²) >= 11 is 0. The van der Waals surface area contributed by atoms with Crippen LogP contribution in [0.15, 0.2) is 17.1 Å². The van der Waals surface area contributed by atoms with Crippen molar-refractivity contribution >= 4 is 11.9 Å². The lowest BCUT2D eigenvalue weighted by Crippen LogP contribution is -2.17. The third-order valence-corrected chi connectivity index (χ3v) is 4.62. The van der Waals surface area contributed by atoms with Crippen LogP contribution in [0.1, 0.15) is 63.8 Å². The molecule has 2 rings (SSSR count). The van der Waals surface area contributed by atoms with Crippen molar-refractivity contribution in [2.75, 3.05) is 0 Å². The van der Waals surface area contributed by atoms with E-state index in [9.17, 15) is 22.7 Å². The van der Waals surface area contributed by atoms with Gasteiger partial charge in [-0.2, -0.15) is 0 Å². The topological polar surface area (TPSA) is 32.6 Å². The first-order valence-corrected chi connectivity index (χ1v) is 8.90. The summed E-state index contributed by atoms with van der Waals surface area (Å²) in [6, 6.07) is 3.59. The van der Waals surface area contributed by atoms with Gasteiger partial charge in [0.15, 0.2) is 23.3 Å². The molecule has 0 saturated carbocycles. The molecule has 0 aliphatic carbocycles. The first-order valence-electron chi connectivity index (χ1n) is 8.90. The number of halogens is 4. The second-order valence-corrected chi connectivity index (χ2v) is 8.95.